The molecule has 0 spiro atoms. The molecule has 1 N–H and O–H groups in total. The van der Waals surface area contributed by atoms with Crippen molar-refractivity contribution in [1.82, 2.24) is 9.62 Å². The lowest BCUT2D eigenvalue weighted by molar-refractivity contribution is 0.278. The molecular formula is C14H22N2O2S. The molecule has 1 aliphatic rings. The summed E-state index contributed by atoms with van der Waals surface area (Å²) in [5.74, 6) is 0. The van der Waals surface area contributed by atoms with Crippen LogP contribution in [0.3, 0.4) is 0 Å². The first-order valence-electron chi connectivity index (χ1n) is 6.73. The lowest BCUT2D eigenvalue weighted by atomic mass is 10.0. The molecule has 4 nitrogen and oxygen atoms in total. The Morgan fingerprint density at radius 2 is 1.79 bits per heavy atom. The fraction of sp³-hybridized carbons (Fsp3) is 0.571. The third-order valence-corrected chi connectivity index (χ3v) is 5.01. The SMILES string of the molecule is CC(NC1CCN(S(C)(=O)=O)CC1)c1ccccc1. The summed E-state index contributed by atoms with van der Waals surface area (Å²) in [6.07, 6.45) is 3.04. The average molecular weight is 282 g/mol. The predicted molar refractivity (Wildman–Crippen MR) is 77.4 cm³/mol. The molecule has 0 aromatic heterocycles. The largest absolute Gasteiger partial charge is 0.307 e. The monoisotopic (exact) mass is 282 g/mol. The molecule has 1 heterocycles. The topological polar surface area (TPSA) is 49.4 Å². The minimum Gasteiger partial charge on any atom is -0.307 e. The minimum absolute atomic E-state index is 0.302. The Bertz CT molecular complexity index is 493. The fourth-order valence-corrected chi connectivity index (χ4v) is 3.42. The third kappa shape index (κ3) is 4.03. The summed E-state index contributed by atoms with van der Waals surface area (Å²) >= 11 is 0. The highest BCUT2D eigenvalue weighted by molar-refractivity contribution is 7.88. The third-order valence-electron chi connectivity index (χ3n) is 3.71. The number of nitrogens with zero attached hydrogens (tertiary/aromatic N) is 1. The number of hydrogen-bond acceptors (Lipinski definition) is 3. The van der Waals surface area contributed by atoms with Crippen LogP contribution < -0.4 is 5.32 Å². The molecule has 1 saturated heterocycles. The van der Waals surface area contributed by atoms with Crippen LogP contribution in [0.4, 0.5) is 0 Å². The van der Waals surface area contributed by atoms with E-state index in [1.807, 2.05) is 18.2 Å². The Balaban J connectivity index is 1.86. The van der Waals surface area contributed by atoms with Crippen LogP contribution in [0.1, 0.15) is 31.4 Å². The highest BCUT2D eigenvalue weighted by Gasteiger charge is 2.25. The van der Waals surface area contributed by atoms with E-state index in [-0.39, 0.29) is 0 Å². The lowest BCUT2D eigenvalue weighted by Crippen LogP contribution is -2.45. The number of nitrogens with one attached hydrogen (secondary N) is 1. The zero-order valence-corrected chi connectivity index (χ0v) is 12.4. The molecule has 0 saturated carbocycles. The van der Waals surface area contributed by atoms with Crippen LogP contribution >= 0.6 is 0 Å². The van der Waals surface area contributed by atoms with Crippen LogP contribution in [0.2, 0.25) is 0 Å². The summed E-state index contributed by atoms with van der Waals surface area (Å²) in [6, 6.07) is 11.0. The highest BCUT2D eigenvalue weighted by Crippen LogP contribution is 2.18. The minimum atomic E-state index is -3.02. The Morgan fingerprint density at radius 3 is 2.32 bits per heavy atom. The first-order valence-corrected chi connectivity index (χ1v) is 8.58. The van der Waals surface area contributed by atoms with Gasteiger partial charge in [-0.15, -0.1) is 0 Å². The van der Waals surface area contributed by atoms with Gasteiger partial charge in [0, 0.05) is 25.2 Å². The van der Waals surface area contributed by atoms with Crippen LogP contribution in [-0.4, -0.2) is 38.1 Å². The second-order valence-corrected chi connectivity index (χ2v) is 7.22. The molecule has 2 rings (SSSR count). The molecule has 19 heavy (non-hydrogen) atoms. The maximum atomic E-state index is 11.4. The highest BCUT2D eigenvalue weighted by atomic mass is 32.2. The van der Waals surface area contributed by atoms with Gasteiger partial charge in [0.05, 0.1) is 6.26 Å². The number of rotatable bonds is 4. The average Bonchev–Trinajstić information content (AvgIpc) is 2.39. The van der Waals surface area contributed by atoms with Crippen LogP contribution in [0.15, 0.2) is 30.3 Å². The summed E-state index contributed by atoms with van der Waals surface area (Å²) < 4.78 is 24.5. The Kier molecular flexibility index (Phi) is 4.60. The van der Waals surface area contributed by atoms with Crippen LogP contribution in [0, 0.1) is 0 Å². The van der Waals surface area contributed by atoms with Crippen molar-refractivity contribution in [3.05, 3.63) is 35.9 Å². The van der Waals surface area contributed by atoms with Gasteiger partial charge in [0.25, 0.3) is 0 Å². The smallest absolute Gasteiger partial charge is 0.211 e. The molecule has 106 valence electrons. The van der Waals surface area contributed by atoms with Gasteiger partial charge >= 0.3 is 0 Å². The second kappa shape index (κ2) is 6.03. The molecule has 1 aliphatic heterocycles. The second-order valence-electron chi connectivity index (χ2n) is 5.24. The van der Waals surface area contributed by atoms with Crippen LogP contribution in [0.25, 0.3) is 0 Å². The van der Waals surface area contributed by atoms with Gasteiger partial charge in [-0.2, -0.15) is 0 Å². The number of benzene rings is 1. The predicted octanol–water partition coefficient (Wildman–Crippen LogP) is 1.76. The van der Waals surface area contributed by atoms with Gasteiger partial charge in [-0.05, 0) is 25.3 Å². The molecule has 1 unspecified atom stereocenters. The molecule has 0 aliphatic carbocycles. The normalized spacial score (nSPS) is 20.3. The molecule has 0 amide bonds. The summed E-state index contributed by atoms with van der Waals surface area (Å²) in [5, 5.41) is 3.59. The fourth-order valence-electron chi connectivity index (χ4n) is 2.55. The Labute approximate surface area is 115 Å². The van der Waals surface area contributed by atoms with Gasteiger partial charge < -0.3 is 5.32 Å². The first-order chi connectivity index (χ1) is 8.97. The standard InChI is InChI=1S/C14H22N2O2S/c1-12(13-6-4-3-5-7-13)15-14-8-10-16(11-9-14)19(2,17)18/h3-7,12,14-15H,8-11H2,1-2H3. The van der Waals surface area contributed by atoms with E-state index in [0.717, 1.165) is 12.8 Å². The molecule has 1 aromatic rings. The van der Waals surface area contributed by atoms with E-state index < -0.39 is 10.0 Å². The zero-order chi connectivity index (χ0) is 13.9. The van der Waals surface area contributed by atoms with Gasteiger partial charge in [0.2, 0.25) is 10.0 Å². The van der Waals surface area contributed by atoms with Crippen LogP contribution in [-0.2, 0) is 10.0 Å². The molecule has 1 fully saturated rings. The lowest BCUT2D eigenvalue weighted by Gasteiger charge is -2.32. The molecule has 0 bridgehead atoms. The van der Waals surface area contributed by atoms with Crippen molar-refractivity contribution >= 4 is 10.0 Å². The molecule has 1 aromatic carbocycles. The summed E-state index contributed by atoms with van der Waals surface area (Å²) in [4.78, 5) is 0. The van der Waals surface area contributed by atoms with E-state index in [2.05, 4.69) is 24.4 Å². The van der Waals surface area contributed by atoms with Crippen molar-refractivity contribution in [3.63, 3.8) is 0 Å². The molecular weight excluding hydrogens is 260 g/mol. The van der Waals surface area contributed by atoms with Crippen molar-refractivity contribution in [1.29, 1.82) is 0 Å². The van der Waals surface area contributed by atoms with Crippen molar-refractivity contribution < 1.29 is 8.42 Å². The summed E-state index contributed by atoms with van der Waals surface area (Å²) in [7, 11) is -3.02. The van der Waals surface area contributed by atoms with E-state index in [0.29, 0.717) is 25.2 Å². The molecule has 5 heteroatoms. The van der Waals surface area contributed by atoms with Crippen molar-refractivity contribution in [2.45, 2.75) is 31.8 Å². The van der Waals surface area contributed by atoms with Gasteiger partial charge in [0.15, 0.2) is 0 Å². The zero-order valence-electron chi connectivity index (χ0n) is 11.5. The Hall–Kier alpha value is -0.910. The molecule has 0 radical (unpaired) electrons. The van der Waals surface area contributed by atoms with Gasteiger partial charge in [0.1, 0.15) is 0 Å². The van der Waals surface area contributed by atoms with Crippen molar-refractivity contribution in [2.24, 2.45) is 0 Å². The van der Waals surface area contributed by atoms with E-state index in [4.69, 9.17) is 0 Å². The number of hydrogen-bond donors (Lipinski definition) is 1. The summed E-state index contributed by atoms with van der Waals surface area (Å²) in [5.41, 5.74) is 1.27. The van der Waals surface area contributed by atoms with Crippen LogP contribution in [0.5, 0.6) is 0 Å². The van der Waals surface area contributed by atoms with Gasteiger partial charge in [-0.1, -0.05) is 30.3 Å². The van der Waals surface area contributed by atoms with E-state index in [9.17, 15) is 8.42 Å². The Morgan fingerprint density at radius 1 is 1.21 bits per heavy atom. The quantitative estimate of drug-likeness (QED) is 0.915. The van der Waals surface area contributed by atoms with Gasteiger partial charge in [-0.25, -0.2) is 12.7 Å². The van der Waals surface area contributed by atoms with Crippen molar-refractivity contribution in [3.8, 4) is 0 Å². The number of piperidine rings is 1. The van der Waals surface area contributed by atoms with Crippen molar-refractivity contribution in [2.75, 3.05) is 19.3 Å². The first kappa shape index (κ1) is 14.5. The maximum absolute atomic E-state index is 11.4. The van der Waals surface area contributed by atoms with E-state index >= 15 is 0 Å². The number of sulfonamides is 1. The molecule has 1 atom stereocenters. The van der Waals surface area contributed by atoms with E-state index in [1.54, 1.807) is 4.31 Å². The summed E-state index contributed by atoms with van der Waals surface area (Å²) in [6.45, 7) is 3.40. The van der Waals surface area contributed by atoms with E-state index in [1.165, 1.54) is 11.8 Å². The van der Waals surface area contributed by atoms with Gasteiger partial charge in [-0.3, -0.25) is 0 Å². The maximum Gasteiger partial charge on any atom is 0.211 e.